The van der Waals surface area contributed by atoms with E-state index in [1.165, 1.54) is 18.3 Å². The second kappa shape index (κ2) is 5.97. The summed E-state index contributed by atoms with van der Waals surface area (Å²) in [4.78, 5) is 0. The quantitative estimate of drug-likeness (QED) is 0.625. The molecule has 0 saturated heterocycles. The standard InChI is InChI=1S/C15H14BrF2N3/c16-11-8-19-21(9-11)7-2-1-6-20-10-14(18)12-4-3-5-13(17)15(12)20/h3-5,8-10H,1-2,6-7H2. The van der Waals surface area contributed by atoms with Crippen molar-refractivity contribution in [3.63, 3.8) is 0 Å². The first kappa shape index (κ1) is 14.3. The van der Waals surface area contributed by atoms with Gasteiger partial charge in [0.25, 0.3) is 0 Å². The maximum atomic E-state index is 13.8. The molecule has 0 unspecified atom stereocenters. The van der Waals surface area contributed by atoms with E-state index in [2.05, 4.69) is 21.0 Å². The van der Waals surface area contributed by atoms with E-state index in [0.29, 0.717) is 17.4 Å². The van der Waals surface area contributed by atoms with Crippen molar-refractivity contribution in [2.75, 3.05) is 0 Å². The predicted octanol–water partition coefficient (Wildman–Crippen LogP) is 4.36. The molecule has 1 aromatic carbocycles. The summed E-state index contributed by atoms with van der Waals surface area (Å²) in [5.74, 6) is -0.757. The van der Waals surface area contributed by atoms with Crippen molar-refractivity contribution in [2.24, 2.45) is 0 Å². The first-order valence-electron chi connectivity index (χ1n) is 6.76. The number of unbranched alkanes of at least 4 members (excludes halogenated alkanes) is 1. The molecule has 110 valence electrons. The fourth-order valence-electron chi connectivity index (χ4n) is 2.46. The van der Waals surface area contributed by atoms with Crippen LogP contribution in [0.2, 0.25) is 0 Å². The maximum Gasteiger partial charge on any atom is 0.148 e. The van der Waals surface area contributed by atoms with E-state index in [1.54, 1.807) is 16.8 Å². The smallest absolute Gasteiger partial charge is 0.148 e. The molecule has 21 heavy (non-hydrogen) atoms. The lowest BCUT2D eigenvalue weighted by Crippen LogP contribution is -2.02. The van der Waals surface area contributed by atoms with Crippen molar-refractivity contribution in [1.82, 2.24) is 14.3 Å². The fraction of sp³-hybridized carbons (Fsp3) is 0.267. The summed E-state index contributed by atoms with van der Waals surface area (Å²) in [6.07, 6.45) is 6.74. The normalized spacial score (nSPS) is 11.4. The van der Waals surface area contributed by atoms with Crippen LogP contribution in [0.3, 0.4) is 0 Å². The molecular weight excluding hydrogens is 340 g/mol. The van der Waals surface area contributed by atoms with E-state index >= 15 is 0 Å². The highest BCUT2D eigenvalue weighted by Gasteiger charge is 2.11. The van der Waals surface area contributed by atoms with Gasteiger partial charge in [0.1, 0.15) is 11.6 Å². The summed E-state index contributed by atoms with van der Waals surface area (Å²) < 4.78 is 32.0. The lowest BCUT2D eigenvalue weighted by atomic mass is 10.2. The average molecular weight is 354 g/mol. The van der Waals surface area contributed by atoms with Gasteiger partial charge in [-0.25, -0.2) is 8.78 Å². The molecule has 0 aliphatic heterocycles. The Morgan fingerprint density at radius 3 is 2.62 bits per heavy atom. The summed E-state index contributed by atoms with van der Waals surface area (Å²) in [7, 11) is 0. The Balaban J connectivity index is 1.65. The number of nitrogens with zero attached hydrogens (tertiary/aromatic N) is 3. The highest BCUT2D eigenvalue weighted by atomic mass is 79.9. The van der Waals surface area contributed by atoms with Gasteiger partial charge in [0.2, 0.25) is 0 Å². The van der Waals surface area contributed by atoms with Gasteiger partial charge in [0.15, 0.2) is 0 Å². The first-order chi connectivity index (χ1) is 10.1. The molecule has 0 fully saturated rings. The van der Waals surface area contributed by atoms with Crippen LogP contribution in [0, 0.1) is 11.6 Å². The van der Waals surface area contributed by atoms with Gasteiger partial charge < -0.3 is 4.57 Å². The second-order valence-corrected chi connectivity index (χ2v) is 5.85. The molecule has 6 heteroatoms. The van der Waals surface area contributed by atoms with Crippen LogP contribution in [-0.2, 0) is 13.1 Å². The third-order valence-corrected chi connectivity index (χ3v) is 3.85. The zero-order valence-electron chi connectivity index (χ0n) is 11.3. The van der Waals surface area contributed by atoms with Crippen LogP contribution in [0.25, 0.3) is 10.9 Å². The highest BCUT2D eigenvalue weighted by molar-refractivity contribution is 9.10. The number of para-hydroxylation sites is 1. The number of halogens is 3. The zero-order chi connectivity index (χ0) is 14.8. The Hall–Kier alpha value is -1.69. The molecule has 0 saturated carbocycles. The van der Waals surface area contributed by atoms with Crippen LogP contribution in [0.4, 0.5) is 8.78 Å². The Morgan fingerprint density at radius 2 is 1.86 bits per heavy atom. The van der Waals surface area contributed by atoms with Crippen molar-refractivity contribution in [2.45, 2.75) is 25.9 Å². The molecule has 0 bridgehead atoms. The third-order valence-electron chi connectivity index (χ3n) is 3.44. The van der Waals surface area contributed by atoms with Crippen molar-refractivity contribution in [1.29, 1.82) is 0 Å². The molecule has 0 aliphatic carbocycles. The summed E-state index contributed by atoms with van der Waals surface area (Å²) in [5.41, 5.74) is 0.344. The molecule has 0 atom stereocenters. The van der Waals surface area contributed by atoms with E-state index in [1.807, 2.05) is 10.9 Å². The molecule has 2 heterocycles. The Labute approximate surface area is 129 Å². The number of aryl methyl sites for hydroxylation is 2. The molecular formula is C15H14BrF2N3. The van der Waals surface area contributed by atoms with Gasteiger partial charge in [0, 0.05) is 30.9 Å². The van der Waals surface area contributed by atoms with Crippen LogP contribution >= 0.6 is 15.9 Å². The molecule has 0 N–H and O–H groups in total. The number of benzene rings is 1. The van der Waals surface area contributed by atoms with Crippen LogP contribution in [0.15, 0.2) is 41.3 Å². The highest BCUT2D eigenvalue weighted by Crippen LogP contribution is 2.23. The molecule has 2 aromatic heterocycles. The van der Waals surface area contributed by atoms with Crippen LogP contribution in [0.5, 0.6) is 0 Å². The first-order valence-corrected chi connectivity index (χ1v) is 7.55. The largest absolute Gasteiger partial charge is 0.342 e. The van der Waals surface area contributed by atoms with E-state index in [0.717, 1.165) is 23.9 Å². The minimum Gasteiger partial charge on any atom is -0.342 e. The van der Waals surface area contributed by atoms with Crippen molar-refractivity contribution in [3.05, 3.63) is 52.9 Å². The molecule has 0 spiro atoms. The van der Waals surface area contributed by atoms with Gasteiger partial charge in [-0.15, -0.1) is 0 Å². The van der Waals surface area contributed by atoms with Gasteiger partial charge in [-0.05, 0) is 40.9 Å². The number of rotatable bonds is 5. The lowest BCUT2D eigenvalue weighted by Gasteiger charge is -2.06. The van der Waals surface area contributed by atoms with Gasteiger partial charge in [-0.2, -0.15) is 5.10 Å². The van der Waals surface area contributed by atoms with Crippen molar-refractivity contribution >= 4 is 26.8 Å². The van der Waals surface area contributed by atoms with E-state index in [9.17, 15) is 8.78 Å². The number of aromatic nitrogens is 3. The molecule has 3 aromatic rings. The van der Waals surface area contributed by atoms with Crippen molar-refractivity contribution < 1.29 is 8.78 Å². The van der Waals surface area contributed by atoms with Gasteiger partial charge in [-0.1, -0.05) is 6.07 Å². The summed E-state index contributed by atoms with van der Waals surface area (Å²) >= 11 is 3.34. The lowest BCUT2D eigenvalue weighted by molar-refractivity contribution is 0.521. The molecule has 0 amide bonds. The zero-order valence-corrected chi connectivity index (χ0v) is 12.9. The average Bonchev–Trinajstić information content (AvgIpc) is 3.01. The van der Waals surface area contributed by atoms with E-state index in [-0.39, 0.29) is 11.6 Å². The molecule has 0 radical (unpaired) electrons. The second-order valence-electron chi connectivity index (χ2n) is 4.94. The Bertz CT molecular complexity index is 763. The molecule has 0 aliphatic rings. The summed E-state index contributed by atoms with van der Waals surface area (Å²) in [6, 6.07) is 4.49. The number of hydrogen-bond acceptors (Lipinski definition) is 1. The third kappa shape index (κ3) is 3.00. The van der Waals surface area contributed by atoms with Crippen LogP contribution in [0.1, 0.15) is 12.8 Å². The maximum absolute atomic E-state index is 13.8. The Morgan fingerprint density at radius 1 is 1.05 bits per heavy atom. The summed E-state index contributed by atoms with van der Waals surface area (Å²) in [6.45, 7) is 1.37. The Kier molecular flexibility index (Phi) is 4.05. The number of hydrogen-bond donors (Lipinski definition) is 0. The van der Waals surface area contributed by atoms with Gasteiger partial charge in [-0.3, -0.25) is 4.68 Å². The van der Waals surface area contributed by atoms with Crippen LogP contribution < -0.4 is 0 Å². The number of fused-ring (bicyclic) bond motifs is 1. The fourth-order valence-corrected chi connectivity index (χ4v) is 2.79. The SMILES string of the molecule is Fc1cn(CCCCn2cc(Br)cn2)c2c(F)cccc12. The topological polar surface area (TPSA) is 22.8 Å². The van der Waals surface area contributed by atoms with Crippen LogP contribution in [-0.4, -0.2) is 14.3 Å². The van der Waals surface area contributed by atoms with Gasteiger partial charge >= 0.3 is 0 Å². The minimum absolute atomic E-state index is 0.339. The predicted molar refractivity (Wildman–Crippen MR) is 81.0 cm³/mol. The molecule has 3 rings (SSSR count). The monoisotopic (exact) mass is 353 g/mol. The minimum atomic E-state index is -0.382. The van der Waals surface area contributed by atoms with E-state index in [4.69, 9.17) is 0 Å². The van der Waals surface area contributed by atoms with E-state index < -0.39 is 0 Å². The van der Waals surface area contributed by atoms with Gasteiger partial charge in [0.05, 0.1) is 16.2 Å². The molecule has 3 nitrogen and oxygen atoms in total. The summed E-state index contributed by atoms with van der Waals surface area (Å²) in [5, 5.41) is 4.51. The van der Waals surface area contributed by atoms with Crippen molar-refractivity contribution in [3.8, 4) is 0 Å².